The van der Waals surface area contributed by atoms with Crippen molar-refractivity contribution in [1.82, 2.24) is 9.80 Å². The third-order valence-corrected chi connectivity index (χ3v) is 6.88. The van der Waals surface area contributed by atoms with E-state index < -0.39 is 5.82 Å². The second kappa shape index (κ2) is 13.0. The molecule has 0 aromatic heterocycles. The molecule has 0 N–H and O–H groups in total. The molecule has 0 spiro atoms. The normalized spacial score (nSPS) is 17.5. The van der Waals surface area contributed by atoms with Crippen molar-refractivity contribution in [3.63, 3.8) is 0 Å². The lowest BCUT2D eigenvalue weighted by Gasteiger charge is -2.33. The van der Waals surface area contributed by atoms with Gasteiger partial charge in [0.05, 0.1) is 11.6 Å². The summed E-state index contributed by atoms with van der Waals surface area (Å²) in [4.78, 5) is 30.8. The van der Waals surface area contributed by atoms with Gasteiger partial charge in [-0.25, -0.2) is 4.39 Å². The molecule has 1 atom stereocenters. The van der Waals surface area contributed by atoms with Crippen LogP contribution in [0.1, 0.15) is 58.9 Å². The lowest BCUT2D eigenvalue weighted by Crippen LogP contribution is -2.46. The van der Waals surface area contributed by atoms with E-state index >= 15 is 0 Å². The Hall–Kier alpha value is -3.67. The van der Waals surface area contributed by atoms with Crippen LogP contribution in [0.5, 0.6) is 5.75 Å². The zero-order chi connectivity index (χ0) is 26.0. The van der Waals surface area contributed by atoms with Gasteiger partial charge in [-0.1, -0.05) is 61.4 Å². The Morgan fingerprint density at radius 2 is 1.65 bits per heavy atom. The first-order valence-electron chi connectivity index (χ1n) is 13.2. The number of halogens is 1. The summed E-state index contributed by atoms with van der Waals surface area (Å²) in [5.41, 5.74) is 1.94. The van der Waals surface area contributed by atoms with Crippen LogP contribution in [0.25, 0.3) is 0 Å². The number of para-hydroxylation sites is 1. The summed E-state index contributed by atoms with van der Waals surface area (Å²) in [5.74, 6) is -0.170. The first kappa shape index (κ1) is 26.4. The van der Waals surface area contributed by atoms with Crippen LogP contribution in [0.4, 0.5) is 4.39 Å². The summed E-state index contributed by atoms with van der Waals surface area (Å²) in [6.45, 7) is 4.09. The Labute approximate surface area is 218 Å². The monoisotopic (exact) mass is 502 g/mol. The van der Waals surface area contributed by atoms with E-state index in [1.807, 2.05) is 65.3 Å². The summed E-state index contributed by atoms with van der Waals surface area (Å²) < 4.78 is 20.3. The Bertz CT molecular complexity index is 1180. The maximum atomic E-state index is 14.0. The average Bonchev–Trinajstić information content (AvgIpc) is 2.92. The van der Waals surface area contributed by atoms with Crippen molar-refractivity contribution in [1.29, 1.82) is 0 Å². The zero-order valence-electron chi connectivity index (χ0n) is 21.4. The standard InChI is InChI=1S/C31H35FN2O3/c1-2-33-19-10-3-4-11-20-34(30(35)25-15-12-16-26(32)22-25)27(21-24-13-6-5-7-14-24)23-37-29-18-9-8-17-28(29)31(33)36/h5-9,12-18,22,27H,2-4,10-11,19-21,23H2,1H3/t27-/m0/s1. The molecule has 0 saturated heterocycles. The SMILES string of the molecule is CCN1CCCCCCN(C(=O)c2cccc(F)c2)[C@@H](Cc2ccccc2)COc2ccccc2C1=O. The Morgan fingerprint density at radius 3 is 2.41 bits per heavy atom. The smallest absolute Gasteiger partial charge is 0.257 e. The van der Waals surface area contributed by atoms with Gasteiger partial charge in [0.25, 0.3) is 11.8 Å². The molecule has 3 aromatic carbocycles. The van der Waals surface area contributed by atoms with Gasteiger partial charge in [-0.15, -0.1) is 0 Å². The highest BCUT2D eigenvalue weighted by Crippen LogP contribution is 2.23. The molecular formula is C31H35FN2O3. The van der Waals surface area contributed by atoms with Gasteiger partial charge in [0.15, 0.2) is 0 Å². The van der Waals surface area contributed by atoms with Gasteiger partial charge < -0.3 is 14.5 Å². The van der Waals surface area contributed by atoms with E-state index in [4.69, 9.17) is 4.74 Å². The summed E-state index contributed by atoms with van der Waals surface area (Å²) in [6.07, 6.45) is 4.21. The number of amides is 2. The van der Waals surface area contributed by atoms with E-state index in [1.165, 1.54) is 12.1 Å². The lowest BCUT2D eigenvalue weighted by molar-refractivity contribution is 0.0597. The summed E-state index contributed by atoms with van der Waals surface area (Å²) in [6, 6.07) is 22.9. The maximum absolute atomic E-state index is 14.0. The van der Waals surface area contributed by atoms with Crippen LogP contribution in [-0.2, 0) is 6.42 Å². The van der Waals surface area contributed by atoms with E-state index in [0.29, 0.717) is 42.9 Å². The average molecular weight is 503 g/mol. The van der Waals surface area contributed by atoms with Crippen molar-refractivity contribution >= 4 is 11.8 Å². The number of rotatable bonds is 4. The maximum Gasteiger partial charge on any atom is 0.257 e. The summed E-state index contributed by atoms with van der Waals surface area (Å²) in [7, 11) is 0. The van der Waals surface area contributed by atoms with E-state index in [-0.39, 0.29) is 24.5 Å². The Balaban J connectivity index is 1.69. The van der Waals surface area contributed by atoms with Crippen molar-refractivity contribution in [2.75, 3.05) is 26.2 Å². The predicted molar refractivity (Wildman–Crippen MR) is 143 cm³/mol. The molecule has 1 heterocycles. The minimum atomic E-state index is -0.434. The Kier molecular flexibility index (Phi) is 9.30. The minimum absolute atomic E-state index is 0.0394. The number of hydrogen-bond acceptors (Lipinski definition) is 3. The molecule has 6 heteroatoms. The fourth-order valence-electron chi connectivity index (χ4n) is 4.85. The first-order valence-corrected chi connectivity index (χ1v) is 13.2. The third-order valence-electron chi connectivity index (χ3n) is 6.88. The van der Waals surface area contributed by atoms with Crippen LogP contribution in [0.3, 0.4) is 0 Å². The van der Waals surface area contributed by atoms with Crippen molar-refractivity contribution < 1.29 is 18.7 Å². The molecule has 0 aliphatic carbocycles. The third kappa shape index (κ3) is 6.97. The predicted octanol–water partition coefficient (Wildman–Crippen LogP) is 5.99. The van der Waals surface area contributed by atoms with E-state index in [9.17, 15) is 14.0 Å². The van der Waals surface area contributed by atoms with Crippen LogP contribution in [0, 0.1) is 5.82 Å². The van der Waals surface area contributed by atoms with Gasteiger partial charge in [0, 0.05) is 25.2 Å². The highest BCUT2D eigenvalue weighted by molar-refractivity contribution is 5.97. The summed E-state index contributed by atoms with van der Waals surface area (Å²) in [5, 5.41) is 0. The van der Waals surface area contributed by atoms with Gasteiger partial charge >= 0.3 is 0 Å². The van der Waals surface area contributed by atoms with Crippen molar-refractivity contribution in [2.45, 2.75) is 45.1 Å². The molecule has 4 rings (SSSR count). The molecule has 1 aliphatic heterocycles. The number of nitrogens with zero attached hydrogens (tertiary/aromatic N) is 2. The molecule has 2 amide bonds. The zero-order valence-corrected chi connectivity index (χ0v) is 21.4. The first-order chi connectivity index (χ1) is 18.1. The van der Waals surface area contributed by atoms with Gasteiger partial charge in [0.1, 0.15) is 18.2 Å². The number of ether oxygens (including phenoxy) is 1. The number of hydrogen-bond donors (Lipinski definition) is 0. The molecule has 0 saturated carbocycles. The number of benzene rings is 3. The quantitative estimate of drug-likeness (QED) is 0.440. The summed E-state index contributed by atoms with van der Waals surface area (Å²) >= 11 is 0. The number of fused-ring (bicyclic) bond motifs is 1. The van der Waals surface area contributed by atoms with Crippen LogP contribution in [-0.4, -0.2) is 53.9 Å². The Morgan fingerprint density at radius 1 is 0.919 bits per heavy atom. The fraction of sp³-hybridized carbons (Fsp3) is 0.355. The van der Waals surface area contributed by atoms with E-state index in [0.717, 1.165) is 31.2 Å². The van der Waals surface area contributed by atoms with Gasteiger partial charge in [-0.3, -0.25) is 9.59 Å². The lowest BCUT2D eigenvalue weighted by atomic mass is 10.0. The molecule has 5 nitrogen and oxygen atoms in total. The second-order valence-corrected chi connectivity index (χ2v) is 9.46. The van der Waals surface area contributed by atoms with Crippen LogP contribution < -0.4 is 4.74 Å². The van der Waals surface area contributed by atoms with Crippen LogP contribution in [0.15, 0.2) is 78.9 Å². The van der Waals surface area contributed by atoms with E-state index in [2.05, 4.69) is 0 Å². The number of carbonyl (C=O) groups is 2. The van der Waals surface area contributed by atoms with Crippen molar-refractivity contribution in [2.24, 2.45) is 0 Å². The molecule has 37 heavy (non-hydrogen) atoms. The highest BCUT2D eigenvalue weighted by Gasteiger charge is 2.27. The van der Waals surface area contributed by atoms with Crippen molar-refractivity contribution in [3.05, 3.63) is 101 Å². The fourth-order valence-corrected chi connectivity index (χ4v) is 4.85. The van der Waals surface area contributed by atoms with Crippen molar-refractivity contribution in [3.8, 4) is 5.75 Å². The van der Waals surface area contributed by atoms with Gasteiger partial charge in [-0.05, 0) is 62.1 Å². The topological polar surface area (TPSA) is 49.9 Å². The molecule has 3 aromatic rings. The molecule has 0 fully saturated rings. The van der Waals surface area contributed by atoms with E-state index in [1.54, 1.807) is 18.2 Å². The number of carbonyl (C=O) groups excluding carboxylic acids is 2. The minimum Gasteiger partial charge on any atom is -0.491 e. The van der Waals surface area contributed by atoms with Crippen LogP contribution >= 0.6 is 0 Å². The molecule has 0 bridgehead atoms. The van der Waals surface area contributed by atoms with Crippen LogP contribution in [0.2, 0.25) is 0 Å². The molecule has 194 valence electrons. The molecular weight excluding hydrogens is 467 g/mol. The highest BCUT2D eigenvalue weighted by atomic mass is 19.1. The molecule has 0 radical (unpaired) electrons. The second-order valence-electron chi connectivity index (χ2n) is 9.46. The largest absolute Gasteiger partial charge is 0.491 e. The molecule has 1 aliphatic rings. The van der Waals surface area contributed by atoms with Gasteiger partial charge in [0.2, 0.25) is 0 Å². The molecule has 0 unspecified atom stereocenters. The van der Waals surface area contributed by atoms with Gasteiger partial charge in [-0.2, -0.15) is 0 Å².